The van der Waals surface area contributed by atoms with E-state index in [1.807, 2.05) is 25.1 Å². The summed E-state index contributed by atoms with van der Waals surface area (Å²) < 4.78 is 5.26. The Morgan fingerprint density at radius 1 is 1.09 bits per heavy atom. The SMILES string of the molecule is COc1ccc(C)cc1NC(=O)CSCc1ccc(C)cc1. The summed E-state index contributed by atoms with van der Waals surface area (Å²) in [6.45, 7) is 4.06. The fourth-order valence-corrected chi connectivity index (χ4v) is 2.84. The number of methoxy groups -OCH3 is 1. The van der Waals surface area contributed by atoms with Crippen LogP contribution >= 0.6 is 11.8 Å². The number of amides is 1. The van der Waals surface area contributed by atoms with Gasteiger partial charge in [0.05, 0.1) is 18.6 Å². The van der Waals surface area contributed by atoms with Crippen molar-refractivity contribution in [2.45, 2.75) is 19.6 Å². The van der Waals surface area contributed by atoms with E-state index < -0.39 is 0 Å². The average Bonchev–Trinajstić information content (AvgIpc) is 2.49. The van der Waals surface area contributed by atoms with Crippen LogP contribution in [0.3, 0.4) is 0 Å². The summed E-state index contributed by atoms with van der Waals surface area (Å²) in [7, 11) is 1.60. The van der Waals surface area contributed by atoms with Crippen LogP contribution < -0.4 is 10.1 Å². The maximum atomic E-state index is 12.0. The number of thioether (sulfide) groups is 1. The van der Waals surface area contributed by atoms with Crippen molar-refractivity contribution in [3.05, 3.63) is 59.2 Å². The van der Waals surface area contributed by atoms with E-state index in [0.717, 1.165) is 17.0 Å². The van der Waals surface area contributed by atoms with Gasteiger partial charge in [-0.25, -0.2) is 0 Å². The minimum absolute atomic E-state index is 0.0130. The number of ether oxygens (including phenoxy) is 1. The van der Waals surface area contributed by atoms with Crippen LogP contribution in [0.2, 0.25) is 0 Å². The van der Waals surface area contributed by atoms with Crippen LogP contribution in [0, 0.1) is 13.8 Å². The molecule has 0 unspecified atom stereocenters. The molecule has 2 aromatic carbocycles. The molecule has 116 valence electrons. The molecule has 0 heterocycles. The quantitative estimate of drug-likeness (QED) is 0.869. The molecule has 0 saturated heterocycles. The molecule has 1 amide bonds. The Hall–Kier alpha value is -1.94. The van der Waals surface area contributed by atoms with Crippen LogP contribution in [0.1, 0.15) is 16.7 Å². The van der Waals surface area contributed by atoms with E-state index in [0.29, 0.717) is 11.5 Å². The summed E-state index contributed by atoms with van der Waals surface area (Å²) in [5, 5.41) is 2.91. The molecular formula is C18H21NO2S. The molecule has 0 aliphatic carbocycles. The Labute approximate surface area is 136 Å². The van der Waals surface area contributed by atoms with Gasteiger partial charge in [-0.15, -0.1) is 11.8 Å². The molecule has 0 aliphatic heterocycles. The van der Waals surface area contributed by atoms with Crippen molar-refractivity contribution in [2.24, 2.45) is 0 Å². The van der Waals surface area contributed by atoms with Crippen LogP contribution in [0.15, 0.2) is 42.5 Å². The van der Waals surface area contributed by atoms with Gasteiger partial charge in [0, 0.05) is 5.75 Å². The normalized spacial score (nSPS) is 10.3. The molecule has 0 aromatic heterocycles. The number of benzene rings is 2. The number of nitrogens with one attached hydrogen (secondary N) is 1. The van der Waals surface area contributed by atoms with Crippen molar-refractivity contribution in [1.29, 1.82) is 0 Å². The monoisotopic (exact) mass is 315 g/mol. The van der Waals surface area contributed by atoms with E-state index in [4.69, 9.17) is 4.74 Å². The third-order valence-electron chi connectivity index (χ3n) is 3.25. The van der Waals surface area contributed by atoms with E-state index in [9.17, 15) is 4.79 Å². The first-order valence-electron chi connectivity index (χ1n) is 7.16. The lowest BCUT2D eigenvalue weighted by molar-refractivity contribution is -0.113. The molecule has 0 atom stereocenters. The van der Waals surface area contributed by atoms with Crippen LogP contribution in [0.25, 0.3) is 0 Å². The molecule has 2 aromatic rings. The van der Waals surface area contributed by atoms with Crippen molar-refractivity contribution in [2.75, 3.05) is 18.2 Å². The zero-order chi connectivity index (χ0) is 15.9. The third-order valence-corrected chi connectivity index (χ3v) is 4.26. The number of hydrogen-bond acceptors (Lipinski definition) is 3. The van der Waals surface area contributed by atoms with E-state index in [1.54, 1.807) is 18.9 Å². The van der Waals surface area contributed by atoms with Crippen LogP contribution in [0.5, 0.6) is 5.75 Å². The number of carbonyl (C=O) groups is 1. The highest BCUT2D eigenvalue weighted by atomic mass is 32.2. The van der Waals surface area contributed by atoms with Crippen molar-refractivity contribution in [3.8, 4) is 5.75 Å². The Kier molecular flexibility index (Phi) is 5.90. The second-order valence-electron chi connectivity index (χ2n) is 5.23. The van der Waals surface area contributed by atoms with Crippen LogP contribution in [0.4, 0.5) is 5.69 Å². The Balaban J connectivity index is 1.85. The summed E-state index contributed by atoms with van der Waals surface area (Å²) in [4.78, 5) is 12.0. The zero-order valence-electron chi connectivity index (χ0n) is 13.2. The Morgan fingerprint density at radius 2 is 1.77 bits per heavy atom. The molecule has 2 rings (SSSR count). The van der Waals surface area contributed by atoms with Gasteiger partial charge in [0.1, 0.15) is 5.75 Å². The van der Waals surface area contributed by atoms with E-state index >= 15 is 0 Å². The lowest BCUT2D eigenvalue weighted by atomic mass is 10.2. The molecule has 0 fully saturated rings. The molecule has 0 saturated carbocycles. The van der Waals surface area contributed by atoms with E-state index in [2.05, 4.69) is 36.5 Å². The smallest absolute Gasteiger partial charge is 0.234 e. The summed E-state index contributed by atoms with van der Waals surface area (Å²) in [5.41, 5.74) is 4.29. The number of hydrogen-bond donors (Lipinski definition) is 1. The molecular weight excluding hydrogens is 294 g/mol. The second kappa shape index (κ2) is 7.90. The predicted molar refractivity (Wildman–Crippen MR) is 93.7 cm³/mol. The Morgan fingerprint density at radius 3 is 2.45 bits per heavy atom. The Bertz CT molecular complexity index is 638. The zero-order valence-corrected chi connectivity index (χ0v) is 14.0. The highest BCUT2D eigenvalue weighted by Gasteiger charge is 2.08. The van der Waals surface area contributed by atoms with Gasteiger partial charge in [0.2, 0.25) is 5.91 Å². The van der Waals surface area contributed by atoms with E-state index in [1.165, 1.54) is 11.1 Å². The summed E-state index contributed by atoms with van der Waals surface area (Å²) >= 11 is 1.60. The first kappa shape index (κ1) is 16.4. The lowest BCUT2D eigenvalue weighted by Crippen LogP contribution is -2.15. The molecule has 0 radical (unpaired) electrons. The minimum atomic E-state index is -0.0130. The van der Waals surface area contributed by atoms with Gasteiger partial charge in [-0.2, -0.15) is 0 Å². The molecule has 1 N–H and O–H groups in total. The fourth-order valence-electron chi connectivity index (χ4n) is 2.05. The van der Waals surface area contributed by atoms with Gasteiger partial charge in [0.15, 0.2) is 0 Å². The van der Waals surface area contributed by atoms with Gasteiger partial charge in [-0.05, 0) is 37.1 Å². The van der Waals surface area contributed by atoms with Gasteiger partial charge in [-0.1, -0.05) is 35.9 Å². The predicted octanol–water partition coefficient (Wildman–Crippen LogP) is 4.18. The summed E-state index contributed by atoms with van der Waals surface area (Å²) in [6, 6.07) is 14.1. The second-order valence-corrected chi connectivity index (χ2v) is 6.22. The highest BCUT2D eigenvalue weighted by Crippen LogP contribution is 2.25. The molecule has 0 bridgehead atoms. The van der Waals surface area contributed by atoms with Gasteiger partial charge < -0.3 is 10.1 Å². The molecule has 0 spiro atoms. The van der Waals surface area contributed by atoms with Crippen LogP contribution in [-0.2, 0) is 10.5 Å². The first-order valence-corrected chi connectivity index (χ1v) is 8.32. The van der Waals surface area contributed by atoms with Gasteiger partial charge in [0.25, 0.3) is 0 Å². The first-order chi connectivity index (χ1) is 10.6. The number of anilines is 1. The molecule has 0 aliphatic rings. The summed E-state index contributed by atoms with van der Waals surface area (Å²) in [5.74, 6) is 1.92. The molecule has 3 nitrogen and oxygen atoms in total. The maximum absolute atomic E-state index is 12.0. The highest BCUT2D eigenvalue weighted by molar-refractivity contribution is 7.99. The van der Waals surface area contributed by atoms with E-state index in [-0.39, 0.29) is 5.91 Å². The third kappa shape index (κ3) is 4.81. The molecule has 4 heteroatoms. The number of aryl methyl sites for hydroxylation is 2. The minimum Gasteiger partial charge on any atom is -0.495 e. The van der Waals surface area contributed by atoms with Crippen molar-refractivity contribution < 1.29 is 9.53 Å². The lowest BCUT2D eigenvalue weighted by Gasteiger charge is -2.11. The van der Waals surface area contributed by atoms with Crippen LogP contribution in [-0.4, -0.2) is 18.8 Å². The topological polar surface area (TPSA) is 38.3 Å². The van der Waals surface area contributed by atoms with Crippen molar-refractivity contribution in [1.82, 2.24) is 0 Å². The fraction of sp³-hybridized carbons (Fsp3) is 0.278. The number of rotatable bonds is 6. The maximum Gasteiger partial charge on any atom is 0.234 e. The summed E-state index contributed by atoms with van der Waals surface area (Å²) in [6.07, 6.45) is 0. The molecule has 22 heavy (non-hydrogen) atoms. The van der Waals surface area contributed by atoms with Gasteiger partial charge >= 0.3 is 0 Å². The average molecular weight is 315 g/mol. The standard InChI is InChI=1S/C18H21NO2S/c1-13-4-7-15(8-5-13)11-22-12-18(20)19-16-10-14(2)6-9-17(16)21-3/h4-10H,11-12H2,1-3H3,(H,19,20). The number of carbonyl (C=O) groups excluding carboxylic acids is 1. The van der Waals surface area contributed by atoms with Crippen molar-refractivity contribution >= 4 is 23.4 Å². The van der Waals surface area contributed by atoms with Crippen molar-refractivity contribution in [3.63, 3.8) is 0 Å². The van der Waals surface area contributed by atoms with Gasteiger partial charge in [-0.3, -0.25) is 4.79 Å². The largest absolute Gasteiger partial charge is 0.495 e.